The summed E-state index contributed by atoms with van der Waals surface area (Å²) in [6.45, 7) is 3.38. The highest BCUT2D eigenvalue weighted by Gasteiger charge is 2.17. The number of hydrogen-bond acceptors (Lipinski definition) is 2. The third-order valence-electron chi connectivity index (χ3n) is 3.77. The predicted molar refractivity (Wildman–Crippen MR) is 63.0 cm³/mol. The van der Waals surface area contributed by atoms with Crippen molar-refractivity contribution < 1.29 is 4.74 Å². The van der Waals surface area contributed by atoms with Gasteiger partial charge in [0.15, 0.2) is 0 Å². The van der Waals surface area contributed by atoms with Crippen LogP contribution in [0.1, 0.15) is 51.4 Å². The van der Waals surface area contributed by atoms with Crippen LogP contribution in [-0.4, -0.2) is 25.8 Å². The molecule has 1 saturated carbocycles. The average Bonchev–Trinajstić information content (AvgIpc) is 2.56. The lowest BCUT2D eigenvalue weighted by molar-refractivity contribution is 0.0157. The molecule has 2 nitrogen and oxygen atoms in total. The van der Waals surface area contributed by atoms with Crippen molar-refractivity contribution in [2.75, 3.05) is 19.7 Å². The van der Waals surface area contributed by atoms with Crippen LogP contribution in [0.15, 0.2) is 0 Å². The fourth-order valence-electron chi connectivity index (χ4n) is 2.75. The van der Waals surface area contributed by atoms with Gasteiger partial charge in [-0.1, -0.05) is 25.7 Å². The molecule has 15 heavy (non-hydrogen) atoms. The number of hydrogen-bond donors (Lipinski definition) is 1. The van der Waals surface area contributed by atoms with Crippen LogP contribution in [0.3, 0.4) is 0 Å². The Balaban J connectivity index is 1.62. The summed E-state index contributed by atoms with van der Waals surface area (Å²) in [6.07, 6.45) is 11.5. The lowest BCUT2D eigenvalue weighted by atomic mass is 10.0. The highest BCUT2D eigenvalue weighted by Crippen LogP contribution is 2.21. The third kappa shape index (κ3) is 4.12. The van der Waals surface area contributed by atoms with Gasteiger partial charge in [0.25, 0.3) is 0 Å². The van der Waals surface area contributed by atoms with E-state index < -0.39 is 0 Å². The molecule has 1 heterocycles. The maximum Gasteiger partial charge on any atom is 0.0575 e. The molecule has 0 spiro atoms. The first-order chi connectivity index (χ1) is 7.45. The molecule has 2 heteroatoms. The summed E-state index contributed by atoms with van der Waals surface area (Å²) >= 11 is 0. The molecule has 1 unspecified atom stereocenters. The summed E-state index contributed by atoms with van der Waals surface area (Å²) in [7, 11) is 0. The van der Waals surface area contributed by atoms with E-state index in [9.17, 15) is 0 Å². The number of ether oxygens (including phenoxy) is 1. The molecule has 1 aliphatic heterocycles. The van der Waals surface area contributed by atoms with Crippen molar-refractivity contribution >= 4 is 0 Å². The maximum atomic E-state index is 6.06. The first-order valence-corrected chi connectivity index (χ1v) is 6.77. The third-order valence-corrected chi connectivity index (χ3v) is 3.77. The molecule has 0 bridgehead atoms. The van der Waals surface area contributed by atoms with Gasteiger partial charge < -0.3 is 10.1 Å². The summed E-state index contributed by atoms with van der Waals surface area (Å²) in [6, 6.07) is 0. The topological polar surface area (TPSA) is 21.3 Å². The van der Waals surface area contributed by atoms with Crippen molar-refractivity contribution in [3.63, 3.8) is 0 Å². The first-order valence-electron chi connectivity index (χ1n) is 6.77. The average molecular weight is 211 g/mol. The van der Waals surface area contributed by atoms with E-state index in [2.05, 4.69) is 5.32 Å². The molecule has 0 amide bonds. The Morgan fingerprint density at radius 3 is 2.40 bits per heavy atom. The van der Waals surface area contributed by atoms with Gasteiger partial charge in [-0.25, -0.2) is 0 Å². The number of rotatable bonds is 3. The Kier molecular flexibility index (Phi) is 4.94. The Bertz CT molecular complexity index is 158. The Labute approximate surface area is 93.8 Å². The zero-order chi connectivity index (χ0) is 10.3. The van der Waals surface area contributed by atoms with Crippen LogP contribution in [0.5, 0.6) is 0 Å². The summed E-state index contributed by atoms with van der Waals surface area (Å²) < 4.78 is 6.06. The molecule has 2 fully saturated rings. The van der Waals surface area contributed by atoms with Crippen LogP contribution in [0.25, 0.3) is 0 Å². The summed E-state index contributed by atoms with van der Waals surface area (Å²) in [5.41, 5.74) is 0. The van der Waals surface area contributed by atoms with E-state index in [0.717, 1.165) is 12.5 Å². The predicted octanol–water partition coefficient (Wildman–Crippen LogP) is 2.73. The molecular formula is C13H25NO. The second kappa shape index (κ2) is 6.49. The van der Waals surface area contributed by atoms with E-state index in [1.165, 1.54) is 64.5 Å². The second-order valence-electron chi connectivity index (χ2n) is 5.16. The smallest absolute Gasteiger partial charge is 0.0575 e. The molecule has 0 aromatic carbocycles. The molecule has 1 saturated heterocycles. The Morgan fingerprint density at radius 1 is 0.933 bits per heavy atom. The van der Waals surface area contributed by atoms with Crippen molar-refractivity contribution in [3.8, 4) is 0 Å². The zero-order valence-corrected chi connectivity index (χ0v) is 9.84. The summed E-state index contributed by atoms with van der Waals surface area (Å²) in [5, 5.41) is 3.45. The van der Waals surface area contributed by atoms with Crippen molar-refractivity contribution in [3.05, 3.63) is 0 Å². The van der Waals surface area contributed by atoms with E-state index in [1.54, 1.807) is 0 Å². The van der Waals surface area contributed by atoms with Crippen LogP contribution >= 0.6 is 0 Å². The van der Waals surface area contributed by atoms with Crippen LogP contribution in [-0.2, 0) is 4.74 Å². The normalized spacial score (nSPS) is 30.0. The monoisotopic (exact) mass is 211 g/mol. The standard InChI is InChI=1S/C13H25NO/c1-2-4-8-13(7-3-1)15-11-12-6-5-9-14-10-12/h12-14H,1-11H2. The molecule has 0 radical (unpaired) electrons. The second-order valence-corrected chi connectivity index (χ2v) is 5.16. The molecule has 2 rings (SSSR count). The largest absolute Gasteiger partial charge is 0.378 e. The van der Waals surface area contributed by atoms with Gasteiger partial charge in [0.2, 0.25) is 0 Å². The van der Waals surface area contributed by atoms with E-state index in [1.807, 2.05) is 0 Å². The van der Waals surface area contributed by atoms with E-state index in [-0.39, 0.29) is 0 Å². The van der Waals surface area contributed by atoms with Crippen LogP contribution in [0.4, 0.5) is 0 Å². The highest BCUT2D eigenvalue weighted by molar-refractivity contribution is 4.70. The van der Waals surface area contributed by atoms with E-state index in [0.29, 0.717) is 6.10 Å². The van der Waals surface area contributed by atoms with Crippen molar-refractivity contribution in [1.29, 1.82) is 0 Å². The number of nitrogens with one attached hydrogen (secondary N) is 1. The molecule has 1 N–H and O–H groups in total. The minimum absolute atomic E-state index is 0.578. The van der Waals surface area contributed by atoms with Gasteiger partial charge >= 0.3 is 0 Å². The van der Waals surface area contributed by atoms with Gasteiger partial charge in [-0.3, -0.25) is 0 Å². The molecule has 88 valence electrons. The lowest BCUT2D eigenvalue weighted by Gasteiger charge is -2.25. The molecule has 0 aromatic heterocycles. The summed E-state index contributed by atoms with van der Waals surface area (Å²) in [4.78, 5) is 0. The van der Waals surface area contributed by atoms with Gasteiger partial charge in [0.05, 0.1) is 12.7 Å². The molecule has 1 atom stereocenters. The van der Waals surface area contributed by atoms with Gasteiger partial charge in [0, 0.05) is 6.54 Å². The van der Waals surface area contributed by atoms with Gasteiger partial charge in [-0.05, 0) is 38.1 Å². The molecular weight excluding hydrogens is 186 g/mol. The SMILES string of the molecule is C1CCCC(OCC2CCCNC2)CC1. The van der Waals surface area contributed by atoms with Gasteiger partial charge in [-0.2, -0.15) is 0 Å². The van der Waals surface area contributed by atoms with Crippen molar-refractivity contribution in [2.45, 2.75) is 57.5 Å². The van der Waals surface area contributed by atoms with Crippen molar-refractivity contribution in [1.82, 2.24) is 5.32 Å². The Hall–Kier alpha value is -0.0800. The van der Waals surface area contributed by atoms with Gasteiger partial charge in [-0.15, -0.1) is 0 Å². The highest BCUT2D eigenvalue weighted by atomic mass is 16.5. The minimum Gasteiger partial charge on any atom is -0.378 e. The fourth-order valence-corrected chi connectivity index (χ4v) is 2.75. The van der Waals surface area contributed by atoms with Crippen LogP contribution < -0.4 is 5.32 Å². The zero-order valence-electron chi connectivity index (χ0n) is 9.84. The lowest BCUT2D eigenvalue weighted by Crippen LogP contribution is -2.33. The van der Waals surface area contributed by atoms with Crippen LogP contribution in [0.2, 0.25) is 0 Å². The minimum atomic E-state index is 0.578. The number of piperidine rings is 1. The van der Waals surface area contributed by atoms with Gasteiger partial charge in [0.1, 0.15) is 0 Å². The van der Waals surface area contributed by atoms with E-state index in [4.69, 9.17) is 4.74 Å². The quantitative estimate of drug-likeness (QED) is 0.725. The molecule has 2 aliphatic rings. The van der Waals surface area contributed by atoms with E-state index >= 15 is 0 Å². The molecule has 1 aliphatic carbocycles. The summed E-state index contributed by atoms with van der Waals surface area (Å²) in [5.74, 6) is 0.780. The molecule has 0 aromatic rings. The Morgan fingerprint density at radius 2 is 1.73 bits per heavy atom. The van der Waals surface area contributed by atoms with Crippen LogP contribution in [0, 0.1) is 5.92 Å². The van der Waals surface area contributed by atoms with Crippen molar-refractivity contribution in [2.24, 2.45) is 5.92 Å². The maximum absolute atomic E-state index is 6.06. The first kappa shape index (κ1) is 11.4. The fraction of sp³-hybridized carbons (Fsp3) is 1.00.